The molecule has 1 N–H and O–H groups in total. The third-order valence-corrected chi connectivity index (χ3v) is 4.32. The van der Waals surface area contributed by atoms with Crippen LogP contribution in [0.4, 0.5) is 5.82 Å². The summed E-state index contributed by atoms with van der Waals surface area (Å²) < 4.78 is 0.998. The molecule has 5 nitrogen and oxygen atoms in total. The summed E-state index contributed by atoms with van der Waals surface area (Å²) in [5.41, 5.74) is 0.954. The number of β-amino-alcohol motifs (C(OH)–C–C–N with tert-alkyl or cyclic N) is 1. The summed E-state index contributed by atoms with van der Waals surface area (Å²) >= 11 is 3.54. The van der Waals surface area contributed by atoms with E-state index in [1.54, 1.807) is 6.33 Å². The Morgan fingerprint density at radius 2 is 1.95 bits per heavy atom. The monoisotopic (exact) mass is 336 g/mol. The fourth-order valence-electron chi connectivity index (χ4n) is 2.61. The standard InChI is InChI=1S/C14H17BrN4O/c15-12-3-1-2-11-13(12)16-10-17-14(11)19-6-4-18(5-7-19)8-9-20/h1-3,10,20H,4-9H2. The molecule has 0 aliphatic carbocycles. The van der Waals surface area contributed by atoms with Gasteiger partial charge in [0, 0.05) is 42.6 Å². The van der Waals surface area contributed by atoms with Gasteiger partial charge in [-0.25, -0.2) is 9.97 Å². The highest BCUT2D eigenvalue weighted by atomic mass is 79.9. The lowest BCUT2D eigenvalue weighted by molar-refractivity contribution is 0.188. The van der Waals surface area contributed by atoms with Crippen molar-refractivity contribution in [2.75, 3.05) is 44.2 Å². The first-order chi connectivity index (χ1) is 9.79. The minimum Gasteiger partial charge on any atom is -0.395 e. The van der Waals surface area contributed by atoms with Gasteiger partial charge in [-0.1, -0.05) is 6.07 Å². The van der Waals surface area contributed by atoms with E-state index in [0.29, 0.717) is 0 Å². The number of hydrogen-bond acceptors (Lipinski definition) is 5. The molecule has 1 fully saturated rings. The van der Waals surface area contributed by atoms with Crippen molar-refractivity contribution in [2.24, 2.45) is 0 Å². The van der Waals surface area contributed by atoms with Gasteiger partial charge in [0.2, 0.25) is 0 Å². The molecule has 1 aromatic heterocycles. The highest BCUT2D eigenvalue weighted by Gasteiger charge is 2.19. The highest BCUT2D eigenvalue weighted by molar-refractivity contribution is 9.10. The second-order valence-corrected chi connectivity index (χ2v) is 5.74. The van der Waals surface area contributed by atoms with Gasteiger partial charge in [-0.3, -0.25) is 4.90 Å². The molecule has 1 saturated heterocycles. The van der Waals surface area contributed by atoms with Gasteiger partial charge in [-0.15, -0.1) is 0 Å². The van der Waals surface area contributed by atoms with Crippen LogP contribution in [0.15, 0.2) is 29.0 Å². The number of aliphatic hydroxyl groups is 1. The summed E-state index contributed by atoms with van der Waals surface area (Å²) in [6.07, 6.45) is 1.63. The Morgan fingerprint density at radius 3 is 2.70 bits per heavy atom. The summed E-state index contributed by atoms with van der Waals surface area (Å²) in [4.78, 5) is 13.4. The van der Waals surface area contributed by atoms with Crippen LogP contribution in [0.1, 0.15) is 0 Å². The van der Waals surface area contributed by atoms with E-state index in [1.165, 1.54) is 0 Å². The van der Waals surface area contributed by atoms with Crippen molar-refractivity contribution in [3.05, 3.63) is 29.0 Å². The summed E-state index contributed by atoms with van der Waals surface area (Å²) in [5, 5.41) is 10.1. The van der Waals surface area contributed by atoms with Crippen LogP contribution in [0.5, 0.6) is 0 Å². The lowest BCUT2D eigenvalue weighted by Gasteiger charge is -2.35. The van der Waals surface area contributed by atoms with Crippen LogP contribution < -0.4 is 4.90 Å². The van der Waals surface area contributed by atoms with Crippen LogP contribution >= 0.6 is 15.9 Å². The molecular weight excluding hydrogens is 320 g/mol. The van der Waals surface area contributed by atoms with Gasteiger partial charge in [-0.2, -0.15) is 0 Å². The van der Waals surface area contributed by atoms with Crippen LogP contribution in [-0.2, 0) is 0 Å². The molecule has 2 aromatic rings. The van der Waals surface area contributed by atoms with E-state index in [9.17, 15) is 0 Å². The molecule has 0 saturated carbocycles. The number of rotatable bonds is 3. The maximum atomic E-state index is 8.99. The van der Waals surface area contributed by atoms with Crippen molar-refractivity contribution in [1.29, 1.82) is 0 Å². The van der Waals surface area contributed by atoms with Crippen molar-refractivity contribution < 1.29 is 5.11 Å². The van der Waals surface area contributed by atoms with Crippen molar-refractivity contribution in [2.45, 2.75) is 0 Å². The maximum absolute atomic E-state index is 8.99. The molecule has 20 heavy (non-hydrogen) atoms. The molecule has 1 aromatic carbocycles. The van der Waals surface area contributed by atoms with E-state index in [1.807, 2.05) is 12.1 Å². The molecule has 0 radical (unpaired) electrons. The minimum absolute atomic E-state index is 0.226. The molecular formula is C14H17BrN4O. The van der Waals surface area contributed by atoms with Crippen LogP contribution in [0.3, 0.4) is 0 Å². The Hall–Kier alpha value is -1.24. The number of benzene rings is 1. The Bertz CT molecular complexity index is 599. The molecule has 3 rings (SSSR count). The van der Waals surface area contributed by atoms with E-state index < -0.39 is 0 Å². The average Bonchev–Trinajstić information content (AvgIpc) is 2.48. The second kappa shape index (κ2) is 6.03. The van der Waals surface area contributed by atoms with Gasteiger partial charge in [0.15, 0.2) is 0 Å². The zero-order valence-corrected chi connectivity index (χ0v) is 12.8. The number of halogens is 1. The zero-order valence-electron chi connectivity index (χ0n) is 11.2. The molecule has 1 aliphatic heterocycles. The third-order valence-electron chi connectivity index (χ3n) is 3.68. The number of para-hydroxylation sites is 1. The molecule has 0 spiro atoms. The fraction of sp³-hybridized carbons (Fsp3) is 0.429. The van der Waals surface area contributed by atoms with E-state index in [-0.39, 0.29) is 6.61 Å². The lowest BCUT2D eigenvalue weighted by atomic mass is 10.2. The summed E-state index contributed by atoms with van der Waals surface area (Å²) in [5.74, 6) is 1.000. The number of nitrogens with zero attached hydrogens (tertiary/aromatic N) is 4. The van der Waals surface area contributed by atoms with Crippen molar-refractivity contribution in [3.63, 3.8) is 0 Å². The van der Waals surface area contributed by atoms with Crippen molar-refractivity contribution in [3.8, 4) is 0 Å². The van der Waals surface area contributed by atoms with Crippen LogP contribution in [0.25, 0.3) is 10.9 Å². The molecule has 1 aliphatic rings. The number of fused-ring (bicyclic) bond motifs is 1. The number of anilines is 1. The van der Waals surface area contributed by atoms with Gasteiger partial charge in [0.05, 0.1) is 12.1 Å². The first kappa shape index (κ1) is 13.7. The van der Waals surface area contributed by atoms with Crippen LogP contribution in [-0.4, -0.2) is 59.3 Å². The van der Waals surface area contributed by atoms with E-state index in [4.69, 9.17) is 5.11 Å². The lowest BCUT2D eigenvalue weighted by Crippen LogP contribution is -2.47. The highest BCUT2D eigenvalue weighted by Crippen LogP contribution is 2.28. The van der Waals surface area contributed by atoms with Gasteiger partial charge in [0.25, 0.3) is 0 Å². The van der Waals surface area contributed by atoms with Crippen LogP contribution in [0, 0.1) is 0 Å². The molecule has 0 atom stereocenters. The topological polar surface area (TPSA) is 52.5 Å². The number of hydrogen-bond donors (Lipinski definition) is 1. The molecule has 0 unspecified atom stereocenters. The molecule has 0 bridgehead atoms. The van der Waals surface area contributed by atoms with Gasteiger partial charge in [-0.05, 0) is 28.1 Å². The maximum Gasteiger partial charge on any atom is 0.140 e. The molecule has 0 amide bonds. The Morgan fingerprint density at radius 1 is 1.15 bits per heavy atom. The van der Waals surface area contributed by atoms with E-state index in [0.717, 1.165) is 53.9 Å². The Balaban J connectivity index is 1.86. The SMILES string of the molecule is OCCN1CCN(c2ncnc3c(Br)cccc23)CC1. The normalized spacial score (nSPS) is 16.8. The van der Waals surface area contributed by atoms with Gasteiger partial charge < -0.3 is 10.0 Å². The van der Waals surface area contributed by atoms with E-state index >= 15 is 0 Å². The Kier molecular flexibility index (Phi) is 4.14. The molecule has 106 valence electrons. The second-order valence-electron chi connectivity index (χ2n) is 4.89. The fourth-order valence-corrected chi connectivity index (χ4v) is 3.08. The predicted octanol–water partition coefficient (Wildman–Crippen LogP) is 1.51. The smallest absolute Gasteiger partial charge is 0.140 e. The summed E-state index contributed by atoms with van der Waals surface area (Å²) in [7, 11) is 0. The largest absolute Gasteiger partial charge is 0.395 e. The number of piperazine rings is 1. The summed E-state index contributed by atoms with van der Waals surface area (Å²) in [6, 6.07) is 6.08. The predicted molar refractivity (Wildman–Crippen MR) is 83.0 cm³/mol. The molecule has 6 heteroatoms. The minimum atomic E-state index is 0.226. The third kappa shape index (κ3) is 2.63. The quantitative estimate of drug-likeness (QED) is 0.920. The Labute approximate surface area is 126 Å². The van der Waals surface area contributed by atoms with Crippen LogP contribution in [0.2, 0.25) is 0 Å². The zero-order chi connectivity index (χ0) is 13.9. The average molecular weight is 337 g/mol. The summed E-state index contributed by atoms with van der Waals surface area (Å²) in [6.45, 7) is 4.75. The van der Waals surface area contributed by atoms with Crippen molar-refractivity contribution >= 4 is 32.7 Å². The van der Waals surface area contributed by atoms with Crippen molar-refractivity contribution in [1.82, 2.24) is 14.9 Å². The molecule has 2 heterocycles. The first-order valence-electron chi connectivity index (χ1n) is 6.77. The van der Waals surface area contributed by atoms with E-state index in [2.05, 4.69) is 41.8 Å². The van der Waals surface area contributed by atoms with Gasteiger partial charge >= 0.3 is 0 Å². The van der Waals surface area contributed by atoms with Gasteiger partial charge in [0.1, 0.15) is 12.1 Å². The first-order valence-corrected chi connectivity index (χ1v) is 7.56. The number of aromatic nitrogens is 2. The number of aliphatic hydroxyl groups excluding tert-OH is 1.